The fourth-order valence-corrected chi connectivity index (χ4v) is 3.17. The van der Waals surface area contributed by atoms with Crippen LogP contribution in [-0.2, 0) is 0 Å². The fraction of sp³-hybridized carbons (Fsp3) is 0.389. The van der Waals surface area contributed by atoms with Crippen LogP contribution in [0.3, 0.4) is 0 Å². The van der Waals surface area contributed by atoms with E-state index >= 15 is 0 Å². The van der Waals surface area contributed by atoms with Gasteiger partial charge >= 0.3 is 0 Å². The van der Waals surface area contributed by atoms with Gasteiger partial charge in [0.15, 0.2) is 0 Å². The van der Waals surface area contributed by atoms with E-state index in [0.717, 1.165) is 30.4 Å². The number of carbonyl (C=O) groups excluding carboxylic acids is 1. The summed E-state index contributed by atoms with van der Waals surface area (Å²) in [7, 11) is 0. The van der Waals surface area contributed by atoms with E-state index in [1.807, 2.05) is 50.3 Å². The lowest BCUT2D eigenvalue weighted by Crippen LogP contribution is -2.55. The van der Waals surface area contributed by atoms with Gasteiger partial charge in [-0.2, -0.15) is 0 Å². The summed E-state index contributed by atoms with van der Waals surface area (Å²) in [6.07, 6.45) is 5.87. The third-order valence-corrected chi connectivity index (χ3v) is 4.44. The highest BCUT2D eigenvalue weighted by atomic mass is 127. The highest BCUT2D eigenvalue weighted by Gasteiger charge is 2.31. The quantitative estimate of drug-likeness (QED) is 0.433. The number of benzene rings is 1. The monoisotopic (exact) mass is 452 g/mol. The molecule has 0 aliphatic carbocycles. The number of ether oxygens (including phenoxy) is 1. The fourth-order valence-electron chi connectivity index (χ4n) is 2.70. The normalized spacial score (nSPS) is 21.2. The van der Waals surface area contributed by atoms with E-state index < -0.39 is 0 Å². The van der Waals surface area contributed by atoms with E-state index in [9.17, 15) is 4.79 Å². The van der Waals surface area contributed by atoms with Crippen molar-refractivity contribution in [1.82, 2.24) is 10.2 Å². The molecule has 1 N–H and O–H groups in total. The van der Waals surface area contributed by atoms with Crippen molar-refractivity contribution in [2.75, 3.05) is 13.1 Å². The van der Waals surface area contributed by atoms with Gasteiger partial charge in [0.25, 0.3) is 3.91 Å². The van der Waals surface area contributed by atoms with Gasteiger partial charge < -0.3 is 15.0 Å². The average molecular weight is 452 g/mol. The van der Waals surface area contributed by atoms with Gasteiger partial charge in [-0.15, -0.1) is 0 Å². The summed E-state index contributed by atoms with van der Waals surface area (Å²) in [6.45, 7) is 5.57. The lowest BCUT2D eigenvalue weighted by Gasteiger charge is -2.39. The van der Waals surface area contributed by atoms with Gasteiger partial charge in [-0.05, 0) is 37.6 Å². The van der Waals surface area contributed by atoms with Crippen molar-refractivity contribution < 1.29 is 9.53 Å². The van der Waals surface area contributed by atoms with Gasteiger partial charge in [0.2, 0.25) is 5.96 Å². The Labute approximate surface area is 161 Å². The average Bonchev–Trinajstić information content (AvgIpc) is 2.74. The number of carbonyl (C=O) groups is 1. The number of likely N-dealkylation sites (tertiary alicyclic amines) is 1. The van der Waals surface area contributed by atoms with Crippen molar-refractivity contribution >= 4 is 38.7 Å². The third-order valence-electron chi connectivity index (χ3n) is 4.13. The summed E-state index contributed by atoms with van der Waals surface area (Å²) >= 11 is 1.74. The second-order valence-electron chi connectivity index (χ2n) is 6.19. The number of hydrogen-bond donors (Lipinski definition) is 1. The van der Waals surface area contributed by atoms with Crippen molar-refractivity contribution in [3.8, 4) is 5.75 Å². The molecule has 6 nitrogen and oxygen atoms in total. The minimum absolute atomic E-state index is 0.0145. The predicted octanol–water partition coefficient (Wildman–Crippen LogP) is 3.34. The van der Waals surface area contributed by atoms with Crippen LogP contribution < -0.4 is 10.1 Å². The van der Waals surface area contributed by atoms with Gasteiger partial charge in [0.1, 0.15) is 11.9 Å². The summed E-state index contributed by atoms with van der Waals surface area (Å²) in [5.74, 6) is 1.61. The predicted molar refractivity (Wildman–Crippen MR) is 108 cm³/mol. The summed E-state index contributed by atoms with van der Waals surface area (Å²) in [6, 6.07) is 7.99. The number of halogens is 1. The Morgan fingerprint density at radius 3 is 2.76 bits per heavy atom. The molecule has 0 spiro atoms. The Hall–Kier alpha value is -1.90. The van der Waals surface area contributed by atoms with E-state index in [2.05, 4.69) is 20.2 Å². The van der Waals surface area contributed by atoms with Crippen LogP contribution in [0.5, 0.6) is 5.75 Å². The summed E-state index contributed by atoms with van der Waals surface area (Å²) < 4.78 is 5.93. The van der Waals surface area contributed by atoms with Crippen LogP contribution in [0.1, 0.15) is 25.5 Å². The molecule has 1 unspecified atom stereocenters. The number of guanidine groups is 1. The van der Waals surface area contributed by atoms with E-state index in [4.69, 9.17) is 4.74 Å². The molecule has 1 aromatic carbocycles. The Morgan fingerprint density at radius 2 is 2.08 bits per heavy atom. The first-order chi connectivity index (χ1) is 12.0. The molecule has 1 saturated heterocycles. The number of aliphatic imine (C=N–C) groups is 2. The molecular formula is C18H21IN4O2. The number of amides is 1. The van der Waals surface area contributed by atoms with Crippen molar-refractivity contribution in [3.63, 3.8) is 0 Å². The molecule has 3 rings (SSSR count). The summed E-state index contributed by atoms with van der Waals surface area (Å²) in [5, 5.41) is 2.86. The van der Waals surface area contributed by atoms with Crippen LogP contribution in [0.2, 0.25) is 0 Å². The van der Waals surface area contributed by atoms with Crippen LogP contribution >= 0.6 is 22.6 Å². The van der Waals surface area contributed by atoms with Gasteiger partial charge in [-0.3, -0.25) is 4.79 Å². The number of rotatable bonds is 4. The maximum Gasteiger partial charge on any atom is 0.281 e. The van der Waals surface area contributed by atoms with Crippen LogP contribution in [-0.4, -0.2) is 46.2 Å². The first-order valence-electron chi connectivity index (χ1n) is 8.27. The number of nitrogens with zero attached hydrogens (tertiary/aromatic N) is 3. The molecule has 2 aliphatic heterocycles. The maximum absolute atomic E-state index is 11.1. The summed E-state index contributed by atoms with van der Waals surface area (Å²) in [4.78, 5) is 22.2. The van der Waals surface area contributed by atoms with E-state index in [-0.39, 0.29) is 22.1 Å². The SMILES string of the molecule is CC1C=CC=NC(N2CC(Oc3ccc([C@H](C)NC(=O)I)cc3)C2)=N1. The van der Waals surface area contributed by atoms with Crippen LogP contribution in [0.4, 0.5) is 4.79 Å². The molecule has 1 fully saturated rings. The highest BCUT2D eigenvalue weighted by Crippen LogP contribution is 2.22. The Balaban J connectivity index is 1.51. The molecule has 2 heterocycles. The molecular weight excluding hydrogens is 431 g/mol. The molecule has 132 valence electrons. The van der Waals surface area contributed by atoms with Crippen LogP contribution in [0.15, 0.2) is 46.4 Å². The first-order valence-corrected chi connectivity index (χ1v) is 9.35. The second-order valence-corrected chi connectivity index (χ2v) is 7.17. The maximum atomic E-state index is 11.1. The molecule has 1 aromatic rings. The number of hydrogen-bond acceptors (Lipinski definition) is 5. The Kier molecular flexibility index (Phi) is 5.72. The third kappa shape index (κ3) is 4.81. The first kappa shape index (κ1) is 17.9. The van der Waals surface area contributed by atoms with Crippen molar-refractivity contribution in [2.45, 2.75) is 32.0 Å². The molecule has 0 saturated carbocycles. The molecule has 0 bridgehead atoms. The van der Waals surface area contributed by atoms with Crippen LogP contribution in [0.25, 0.3) is 0 Å². The lowest BCUT2D eigenvalue weighted by atomic mass is 10.1. The molecule has 25 heavy (non-hydrogen) atoms. The number of nitrogens with one attached hydrogen (secondary N) is 1. The number of allylic oxidation sites excluding steroid dienone is 1. The minimum Gasteiger partial charge on any atom is -0.487 e. The standard InChI is InChI=1S/C18H21IN4O2/c1-12-4-3-9-20-18(21-12)23-10-16(11-23)25-15-7-5-14(6-8-15)13(2)22-17(19)24/h3-9,12-13,16H,10-11H2,1-2H3,(H,22,24)/t12?,13-/m0/s1. The molecule has 2 aliphatic rings. The Bertz CT molecular complexity index is 708. The van der Waals surface area contributed by atoms with Gasteiger partial charge in [0.05, 0.1) is 25.2 Å². The van der Waals surface area contributed by atoms with Crippen molar-refractivity contribution in [1.29, 1.82) is 0 Å². The van der Waals surface area contributed by atoms with Crippen LogP contribution in [0, 0.1) is 0 Å². The zero-order valence-electron chi connectivity index (χ0n) is 14.2. The lowest BCUT2D eigenvalue weighted by molar-refractivity contribution is 0.0667. The molecule has 0 aromatic heterocycles. The van der Waals surface area contributed by atoms with Gasteiger partial charge in [0, 0.05) is 28.8 Å². The second kappa shape index (κ2) is 7.99. The highest BCUT2D eigenvalue weighted by molar-refractivity contribution is 14.1. The molecule has 2 atom stereocenters. The molecule has 1 amide bonds. The zero-order valence-corrected chi connectivity index (χ0v) is 16.4. The van der Waals surface area contributed by atoms with E-state index in [1.54, 1.807) is 28.8 Å². The molecule has 7 heteroatoms. The smallest absolute Gasteiger partial charge is 0.281 e. The zero-order chi connectivity index (χ0) is 17.8. The van der Waals surface area contributed by atoms with E-state index in [0.29, 0.717) is 0 Å². The van der Waals surface area contributed by atoms with E-state index in [1.165, 1.54) is 0 Å². The topological polar surface area (TPSA) is 66.3 Å². The minimum atomic E-state index is -0.0615. The van der Waals surface area contributed by atoms with Crippen molar-refractivity contribution in [3.05, 3.63) is 42.0 Å². The molecule has 0 radical (unpaired) electrons. The largest absolute Gasteiger partial charge is 0.487 e. The Morgan fingerprint density at radius 1 is 1.36 bits per heavy atom. The van der Waals surface area contributed by atoms with Crippen molar-refractivity contribution in [2.24, 2.45) is 9.98 Å². The van der Waals surface area contributed by atoms with Gasteiger partial charge in [-0.1, -0.05) is 18.2 Å². The summed E-state index contributed by atoms with van der Waals surface area (Å²) in [5.41, 5.74) is 1.05. The van der Waals surface area contributed by atoms with Gasteiger partial charge in [-0.25, -0.2) is 9.98 Å².